The number of aliphatic hydroxyl groups excluding tert-OH is 3. The van der Waals surface area contributed by atoms with Crippen LogP contribution in [0.5, 0.6) is 5.75 Å². The van der Waals surface area contributed by atoms with Crippen molar-refractivity contribution in [2.45, 2.75) is 37.6 Å². The van der Waals surface area contributed by atoms with Crippen molar-refractivity contribution >= 4 is 11.6 Å². The van der Waals surface area contributed by atoms with Gasteiger partial charge in [-0.15, -0.1) is 0 Å². The van der Waals surface area contributed by atoms with Crippen LogP contribution in [0.2, 0.25) is 0 Å². The van der Waals surface area contributed by atoms with Crippen molar-refractivity contribution in [2.24, 2.45) is 0 Å². The predicted molar refractivity (Wildman–Crippen MR) is 79.1 cm³/mol. The summed E-state index contributed by atoms with van der Waals surface area (Å²) in [6, 6.07) is 4.14. The van der Waals surface area contributed by atoms with Gasteiger partial charge in [0.05, 0.1) is 17.6 Å². The van der Waals surface area contributed by atoms with Gasteiger partial charge in [-0.3, -0.25) is 14.9 Å². The summed E-state index contributed by atoms with van der Waals surface area (Å²) in [5.74, 6) is -0.422. The lowest BCUT2D eigenvalue weighted by atomic mass is 9.97. The van der Waals surface area contributed by atoms with E-state index in [1.165, 1.54) is 25.1 Å². The Balaban J connectivity index is 2.24. The third kappa shape index (κ3) is 3.97. The van der Waals surface area contributed by atoms with Crippen LogP contribution in [0.25, 0.3) is 0 Å². The summed E-state index contributed by atoms with van der Waals surface area (Å²) in [4.78, 5) is 21.5. The van der Waals surface area contributed by atoms with E-state index in [1.54, 1.807) is 0 Å². The molecule has 0 bridgehead atoms. The second-order valence-corrected chi connectivity index (χ2v) is 5.31. The summed E-state index contributed by atoms with van der Waals surface area (Å²) >= 11 is 0. The van der Waals surface area contributed by atoms with Gasteiger partial charge >= 0.3 is 0 Å². The second-order valence-electron chi connectivity index (χ2n) is 5.31. The van der Waals surface area contributed by atoms with Crippen molar-refractivity contribution in [2.75, 3.05) is 6.61 Å². The second kappa shape index (κ2) is 7.53. The first-order valence-electron chi connectivity index (χ1n) is 7.14. The molecule has 1 aliphatic rings. The number of rotatable bonds is 5. The molecule has 10 heteroatoms. The summed E-state index contributed by atoms with van der Waals surface area (Å²) < 4.78 is 10.9. The predicted octanol–water partition coefficient (Wildman–Crippen LogP) is -1.08. The fourth-order valence-corrected chi connectivity index (χ4v) is 2.38. The van der Waals surface area contributed by atoms with Crippen LogP contribution >= 0.6 is 0 Å². The Bertz CT molecular complexity index is 610. The number of ether oxygens (including phenoxy) is 2. The molecule has 1 aromatic carbocycles. The smallest absolute Gasteiger partial charge is 0.273 e. The van der Waals surface area contributed by atoms with Crippen molar-refractivity contribution in [3.63, 3.8) is 0 Å². The highest BCUT2D eigenvalue weighted by Crippen LogP contribution is 2.26. The first kappa shape index (κ1) is 18.1. The topological polar surface area (TPSA) is 151 Å². The van der Waals surface area contributed by atoms with Crippen LogP contribution in [0.1, 0.15) is 6.92 Å². The molecule has 0 saturated carbocycles. The lowest BCUT2D eigenvalue weighted by molar-refractivity contribution is -0.385. The molecule has 1 amide bonds. The Morgan fingerprint density at radius 2 is 2.12 bits per heavy atom. The van der Waals surface area contributed by atoms with Crippen molar-refractivity contribution in [1.82, 2.24) is 5.32 Å². The third-order valence-electron chi connectivity index (χ3n) is 3.53. The van der Waals surface area contributed by atoms with Gasteiger partial charge in [-0.05, 0) is 6.07 Å². The van der Waals surface area contributed by atoms with Crippen molar-refractivity contribution < 1.29 is 34.5 Å². The molecule has 1 aromatic rings. The summed E-state index contributed by atoms with van der Waals surface area (Å²) in [5, 5.41) is 42.4. The van der Waals surface area contributed by atoms with Gasteiger partial charge in [-0.2, -0.15) is 0 Å². The maximum atomic E-state index is 11.3. The molecule has 4 N–H and O–H groups in total. The molecular formula is C14H18N2O8. The van der Waals surface area contributed by atoms with Gasteiger partial charge in [0.1, 0.15) is 30.1 Å². The maximum absolute atomic E-state index is 11.3. The van der Waals surface area contributed by atoms with Gasteiger partial charge in [0.25, 0.3) is 5.69 Å². The number of hydrogen-bond donors (Lipinski definition) is 4. The largest absolute Gasteiger partial charge is 0.462 e. The normalized spacial score (nSPS) is 29.8. The Hall–Kier alpha value is -2.27. The number of nitro benzene ring substituents is 1. The standard InChI is InChI=1S/C14H18N2O8/c1-7(18)15-11-13(20)12(19)10(6-17)24-14(11)23-9-4-2-3-8(5-9)16(21)22/h2-5,10-14,17,19-20H,6H2,1H3,(H,15,18)/t10-,11+,12+,13-,14-/m0/s1. The number of amides is 1. The van der Waals surface area contributed by atoms with Gasteiger partial charge in [0.2, 0.25) is 12.2 Å². The SMILES string of the molecule is CC(=O)N[C@H]1[C@@H](Oc2cccc([N+](=O)[O-])c2)O[C@@H](CO)[C@@H](O)[C@H]1O. The molecule has 1 heterocycles. The summed E-state index contributed by atoms with van der Waals surface area (Å²) in [5.41, 5.74) is -0.210. The number of benzene rings is 1. The highest BCUT2D eigenvalue weighted by Gasteiger charge is 2.46. The van der Waals surface area contributed by atoms with Crippen LogP contribution in [0.3, 0.4) is 0 Å². The molecule has 0 unspecified atom stereocenters. The zero-order valence-corrected chi connectivity index (χ0v) is 12.7. The van der Waals surface area contributed by atoms with Gasteiger partial charge in [0, 0.05) is 13.0 Å². The average Bonchev–Trinajstić information content (AvgIpc) is 2.54. The van der Waals surface area contributed by atoms with Crippen LogP contribution in [0.15, 0.2) is 24.3 Å². The van der Waals surface area contributed by atoms with Crippen molar-refractivity contribution in [3.05, 3.63) is 34.4 Å². The van der Waals surface area contributed by atoms with Crippen LogP contribution in [-0.2, 0) is 9.53 Å². The third-order valence-corrected chi connectivity index (χ3v) is 3.53. The zero-order valence-electron chi connectivity index (χ0n) is 12.7. The van der Waals surface area contributed by atoms with Gasteiger partial charge in [0.15, 0.2) is 0 Å². The molecule has 0 aliphatic carbocycles. The monoisotopic (exact) mass is 342 g/mol. The van der Waals surface area contributed by atoms with E-state index in [9.17, 15) is 30.2 Å². The molecule has 5 atom stereocenters. The molecule has 10 nitrogen and oxygen atoms in total. The molecule has 0 radical (unpaired) electrons. The van der Waals surface area contributed by atoms with E-state index in [-0.39, 0.29) is 11.4 Å². The summed E-state index contributed by atoms with van der Waals surface area (Å²) in [6.07, 6.45) is -5.28. The molecule has 1 saturated heterocycles. The lowest BCUT2D eigenvalue weighted by Crippen LogP contribution is -2.65. The first-order chi connectivity index (χ1) is 11.3. The fourth-order valence-electron chi connectivity index (χ4n) is 2.38. The van der Waals surface area contributed by atoms with E-state index in [0.717, 1.165) is 6.07 Å². The van der Waals surface area contributed by atoms with Gasteiger partial charge in [-0.25, -0.2) is 0 Å². The van der Waals surface area contributed by atoms with E-state index in [2.05, 4.69) is 5.32 Å². The number of nitrogens with one attached hydrogen (secondary N) is 1. The number of non-ortho nitro benzene ring substituents is 1. The van der Waals surface area contributed by atoms with E-state index < -0.39 is 48.1 Å². The van der Waals surface area contributed by atoms with E-state index in [4.69, 9.17) is 9.47 Å². The zero-order chi connectivity index (χ0) is 17.9. The number of nitro groups is 1. The van der Waals surface area contributed by atoms with Crippen LogP contribution in [-0.4, -0.2) is 63.4 Å². The number of nitrogens with zero attached hydrogens (tertiary/aromatic N) is 1. The van der Waals surface area contributed by atoms with Crippen LogP contribution in [0.4, 0.5) is 5.69 Å². The number of hydrogen-bond acceptors (Lipinski definition) is 8. The van der Waals surface area contributed by atoms with Gasteiger partial charge in [-0.1, -0.05) is 6.07 Å². The Kier molecular flexibility index (Phi) is 5.67. The van der Waals surface area contributed by atoms with Gasteiger partial charge < -0.3 is 30.1 Å². The van der Waals surface area contributed by atoms with E-state index in [1.807, 2.05) is 0 Å². The molecule has 0 spiro atoms. The minimum absolute atomic E-state index is 0.0739. The molecule has 1 fully saturated rings. The molecule has 1 aliphatic heterocycles. The Labute approximate surface area is 136 Å². The van der Waals surface area contributed by atoms with E-state index in [0.29, 0.717) is 0 Å². The first-order valence-corrected chi connectivity index (χ1v) is 7.14. The minimum Gasteiger partial charge on any atom is -0.462 e. The highest BCUT2D eigenvalue weighted by molar-refractivity contribution is 5.73. The maximum Gasteiger partial charge on any atom is 0.273 e. The number of aliphatic hydroxyl groups is 3. The quantitative estimate of drug-likeness (QED) is 0.389. The van der Waals surface area contributed by atoms with Crippen molar-refractivity contribution in [3.8, 4) is 5.75 Å². The van der Waals surface area contributed by atoms with E-state index >= 15 is 0 Å². The summed E-state index contributed by atoms with van der Waals surface area (Å²) in [7, 11) is 0. The Morgan fingerprint density at radius 3 is 2.71 bits per heavy atom. The molecule has 132 valence electrons. The number of carbonyl (C=O) groups is 1. The molecule has 0 aromatic heterocycles. The summed E-state index contributed by atoms with van der Waals surface area (Å²) in [6.45, 7) is 0.626. The number of carbonyl (C=O) groups excluding carboxylic acids is 1. The average molecular weight is 342 g/mol. The minimum atomic E-state index is -1.46. The lowest BCUT2D eigenvalue weighted by Gasteiger charge is -2.42. The molecular weight excluding hydrogens is 324 g/mol. The van der Waals surface area contributed by atoms with Crippen LogP contribution in [0, 0.1) is 10.1 Å². The fraction of sp³-hybridized carbons (Fsp3) is 0.500. The highest BCUT2D eigenvalue weighted by atomic mass is 16.7. The van der Waals surface area contributed by atoms with Crippen molar-refractivity contribution in [1.29, 1.82) is 0 Å². The van der Waals surface area contributed by atoms with Crippen LogP contribution < -0.4 is 10.1 Å². The molecule has 24 heavy (non-hydrogen) atoms. The molecule has 2 rings (SSSR count). The Morgan fingerprint density at radius 1 is 1.42 bits per heavy atom.